The lowest BCUT2D eigenvalue weighted by Gasteiger charge is -2.17. The van der Waals surface area contributed by atoms with Crippen LogP contribution in [0.1, 0.15) is 18.8 Å². The summed E-state index contributed by atoms with van der Waals surface area (Å²) < 4.78 is 20.5. The van der Waals surface area contributed by atoms with Crippen molar-refractivity contribution in [2.24, 2.45) is 0 Å². The molecule has 1 aliphatic rings. The van der Waals surface area contributed by atoms with Crippen LogP contribution in [0.2, 0.25) is 0 Å². The Morgan fingerprint density at radius 2 is 2.10 bits per heavy atom. The van der Waals surface area contributed by atoms with E-state index in [2.05, 4.69) is 15.3 Å². The Morgan fingerprint density at radius 1 is 1.34 bits per heavy atom. The van der Waals surface area contributed by atoms with E-state index in [0.717, 1.165) is 21.7 Å². The molecule has 2 unspecified atom stereocenters. The zero-order valence-corrected chi connectivity index (χ0v) is 15.4. The molecule has 1 aliphatic heterocycles. The van der Waals surface area contributed by atoms with Gasteiger partial charge in [-0.2, -0.15) is 4.98 Å². The fourth-order valence-corrected chi connectivity index (χ4v) is 3.35. The van der Waals surface area contributed by atoms with Crippen LogP contribution >= 0.6 is 0 Å². The SMILES string of the molecule is C[C@H]1O[C@@H](n2cc(F)c(NC(=O)Cc3cc4ccccc4[nH]3)nc2=O)C(O)C1O. The average Bonchev–Trinajstić information content (AvgIpc) is 3.19. The Morgan fingerprint density at radius 3 is 2.79 bits per heavy atom. The van der Waals surface area contributed by atoms with E-state index in [4.69, 9.17) is 4.74 Å². The summed E-state index contributed by atoms with van der Waals surface area (Å²) >= 11 is 0. The Labute approximate surface area is 163 Å². The number of anilines is 1. The number of aliphatic hydroxyl groups is 2. The van der Waals surface area contributed by atoms with Gasteiger partial charge >= 0.3 is 5.69 Å². The fraction of sp³-hybridized carbons (Fsp3) is 0.316. The standard InChI is InChI=1S/C19H19FN4O5/c1-9-15(26)16(27)18(29-9)24-8-12(20)17(23-19(24)28)22-14(25)7-11-6-10-4-2-3-5-13(10)21-11/h2-6,8-9,15-16,18,21,26-27H,7H2,1H3,(H,22,23,25,28)/t9-,15?,16?,18-/m1/s1. The Kier molecular flexibility index (Phi) is 4.91. The zero-order valence-electron chi connectivity index (χ0n) is 15.4. The predicted octanol–water partition coefficient (Wildman–Crippen LogP) is 0.684. The summed E-state index contributed by atoms with van der Waals surface area (Å²) in [5, 5.41) is 23.0. The van der Waals surface area contributed by atoms with Gasteiger partial charge in [0.25, 0.3) is 0 Å². The minimum absolute atomic E-state index is 0.0625. The number of benzene rings is 1. The second-order valence-electron chi connectivity index (χ2n) is 6.95. The minimum atomic E-state index is -1.41. The third-order valence-corrected chi connectivity index (χ3v) is 4.85. The molecule has 0 spiro atoms. The highest BCUT2D eigenvalue weighted by atomic mass is 19.1. The van der Waals surface area contributed by atoms with Crippen LogP contribution in [-0.4, -0.2) is 49.0 Å². The van der Waals surface area contributed by atoms with Gasteiger partial charge in [-0.25, -0.2) is 9.18 Å². The van der Waals surface area contributed by atoms with Crippen LogP contribution in [0.25, 0.3) is 10.9 Å². The number of nitrogens with zero attached hydrogens (tertiary/aromatic N) is 2. The predicted molar refractivity (Wildman–Crippen MR) is 101 cm³/mol. The van der Waals surface area contributed by atoms with E-state index in [-0.39, 0.29) is 6.42 Å². The van der Waals surface area contributed by atoms with Gasteiger partial charge in [0.15, 0.2) is 17.9 Å². The summed E-state index contributed by atoms with van der Waals surface area (Å²) in [5.41, 5.74) is 0.564. The molecule has 9 nitrogen and oxygen atoms in total. The van der Waals surface area contributed by atoms with Crippen molar-refractivity contribution >= 4 is 22.6 Å². The van der Waals surface area contributed by atoms with Crippen LogP contribution in [0, 0.1) is 5.82 Å². The monoisotopic (exact) mass is 402 g/mol. The highest BCUT2D eigenvalue weighted by Gasteiger charge is 2.42. The number of carbonyl (C=O) groups excluding carboxylic acids is 1. The van der Waals surface area contributed by atoms with Crippen molar-refractivity contribution in [2.45, 2.75) is 37.9 Å². The van der Waals surface area contributed by atoms with E-state index >= 15 is 0 Å². The lowest BCUT2D eigenvalue weighted by molar-refractivity contribution is -0.115. The first-order valence-electron chi connectivity index (χ1n) is 9.00. The van der Waals surface area contributed by atoms with Crippen molar-refractivity contribution in [3.05, 3.63) is 58.5 Å². The Balaban J connectivity index is 1.51. The van der Waals surface area contributed by atoms with E-state index in [1.165, 1.54) is 6.92 Å². The lowest BCUT2D eigenvalue weighted by Crippen LogP contribution is -2.36. The number of H-pyrrole nitrogens is 1. The van der Waals surface area contributed by atoms with Gasteiger partial charge in [0, 0.05) is 11.2 Å². The number of aromatic nitrogens is 3. The van der Waals surface area contributed by atoms with Crippen LogP contribution in [0.5, 0.6) is 0 Å². The molecule has 0 radical (unpaired) electrons. The number of aromatic amines is 1. The van der Waals surface area contributed by atoms with Crippen molar-refractivity contribution in [3.63, 3.8) is 0 Å². The number of aliphatic hydroxyl groups excluding tert-OH is 2. The number of carbonyl (C=O) groups is 1. The van der Waals surface area contributed by atoms with E-state index in [0.29, 0.717) is 5.69 Å². The van der Waals surface area contributed by atoms with Gasteiger partial charge in [-0.15, -0.1) is 0 Å². The van der Waals surface area contributed by atoms with Gasteiger partial charge in [0.2, 0.25) is 5.91 Å². The zero-order chi connectivity index (χ0) is 20.7. The van der Waals surface area contributed by atoms with E-state index in [1.807, 2.05) is 30.3 Å². The number of hydrogen-bond donors (Lipinski definition) is 4. The first-order valence-corrected chi connectivity index (χ1v) is 9.00. The van der Waals surface area contributed by atoms with Gasteiger partial charge in [-0.1, -0.05) is 18.2 Å². The summed E-state index contributed by atoms with van der Waals surface area (Å²) in [4.78, 5) is 31.1. The van der Waals surface area contributed by atoms with Crippen LogP contribution in [0.4, 0.5) is 10.2 Å². The topological polar surface area (TPSA) is 129 Å². The molecule has 152 valence electrons. The number of fused-ring (bicyclic) bond motifs is 1. The number of amides is 1. The number of para-hydroxylation sites is 1. The van der Waals surface area contributed by atoms with Gasteiger partial charge in [-0.05, 0) is 24.4 Å². The molecular formula is C19H19FN4O5. The molecule has 1 saturated heterocycles. The molecule has 1 amide bonds. The first kappa shape index (κ1) is 19.2. The molecule has 2 aromatic heterocycles. The molecule has 3 heterocycles. The molecule has 0 saturated carbocycles. The maximum Gasteiger partial charge on any atom is 0.351 e. The lowest BCUT2D eigenvalue weighted by atomic mass is 10.1. The summed E-state index contributed by atoms with van der Waals surface area (Å²) in [6, 6.07) is 9.31. The van der Waals surface area contributed by atoms with Gasteiger partial charge in [-0.3, -0.25) is 9.36 Å². The third-order valence-electron chi connectivity index (χ3n) is 4.85. The average molecular weight is 402 g/mol. The summed E-state index contributed by atoms with van der Waals surface area (Å²) in [7, 11) is 0. The molecule has 4 rings (SSSR count). The van der Waals surface area contributed by atoms with E-state index in [9.17, 15) is 24.2 Å². The smallest absolute Gasteiger partial charge is 0.351 e. The van der Waals surface area contributed by atoms with Gasteiger partial charge in [0.05, 0.1) is 18.7 Å². The van der Waals surface area contributed by atoms with Gasteiger partial charge < -0.3 is 25.3 Å². The Bertz CT molecular complexity index is 1090. The summed E-state index contributed by atoms with van der Waals surface area (Å²) in [5.74, 6) is -2.05. The van der Waals surface area contributed by atoms with Crippen LogP contribution in [-0.2, 0) is 16.0 Å². The van der Waals surface area contributed by atoms with Crippen molar-refractivity contribution in [1.82, 2.24) is 14.5 Å². The molecule has 1 aromatic carbocycles. The summed E-state index contributed by atoms with van der Waals surface area (Å²) in [6.45, 7) is 1.52. The number of ether oxygens (including phenoxy) is 1. The Hall–Kier alpha value is -3.08. The van der Waals surface area contributed by atoms with Crippen molar-refractivity contribution < 1.29 is 24.1 Å². The summed E-state index contributed by atoms with van der Waals surface area (Å²) in [6.07, 6.45) is -3.91. The largest absolute Gasteiger partial charge is 0.388 e. The van der Waals surface area contributed by atoms with Crippen molar-refractivity contribution in [1.29, 1.82) is 0 Å². The minimum Gasteiger partial charge on any atom is -0.388 e. The quantitative estimate of drug-likeness (QED) is 0.508. The van der Waals surface area contributed by atoms with Crippen LogP contribution in [0.15, 0.2) is 41.3 Å². The molecule has 4 atom stereocenters. The highest BCUT2D eigenvalue weighted by Crippen LogP contribution is 2.28. The highest BCUT2D eigenvalue weighted by molar-refractivity contribution is 5.92. The number of rotatable bonds is 4. The number of hydrogen-bond acceptors (Lipinski definition) is 6. The molecule has 29 heavy (non-hydrogen) atoms. The third kappa shape index (κ3) is 3.65. The second-order valence-corrected chi connectivity index (χ2v) is 6.95. The van der Waals surface area contributed by atoms with Crippen LogP contribution < -0.4 is 11.0 Å². The normalized spacial score (nSPS) is 24.1. The molecule has 0 aliphatic carbocycles. The maximum atomic E-state index is 14.4. The first-order chi connectivity index (χ1) is 13.8. The molecule has 4 N–H and O–H groups in total. The van der Waals surface area contributed by atoms with Crippen LogP contribution in [0.3, 0.4) is 0 Å². The number of halogens is 1. The van der Waals surface area contributed by atoms with Crippen molar-refractivity contribution in [2.75, 3.05) is 5.32 Å². The molecular weight excluding hydrogens is 383 g/mol. The molecule has 3 aromatic rings. The second kappa shape index (κ2) is 7.39. The molecule has 0 bridgehead atoms. The van der Waals surface area contributed by atoms with E-state index in [1.54, 1.807) is 0 Å². The van der Waals surface area contributed by atoms with Gasteiger partial charge in [0.1, 0.15) is 12.2 Å². The molecule has 10 heteroatoms. The van der Waals surface area contributed by atoms with E-state index < -0.39 is 47.8 Å². The fourth-order valence-electron chi connectivity index (χ4n) is 3.35. The number of nitrogens with one attached hydrogen (secondary N) is 2. The molecule has 1 fully saturated rings. The van der Waals surface area contributed by atoms with Crippen molar-refractivity contribution in [3.8, 4) is 0 Å². The maximum absolute atomic E-state index is 14.4.